The van der Waals surface area contributed by atoms with Crippen LogP contribution in [0.2, 0.25) is 0 Å². The number of hydrogen-bond donors (Lipinski definition) is 9. The molecule has 0 aromatic heterocycles. The summed E-state index contributed by atoms with van der Waals surface area (Å²) in [6.45, 7) is 2.17. The molecule has 0 saturated carbocycles. The molecule has 12 atom stereocenters. The van der Waals surface area contributed by atoms with Crippen LogP contribution >= 0.6 is 0 Å². The zero-order valence-corrected chi connectivity index (χ0v) is 35.3. The molecule has 0 bridgehead atoms. The summed E-state index contributed by atoms with van der Waals surface area (Å²) in [5.41, 5.74) is 0. The largest absolute Gasteiger partial charge is 0.394 e. The first-order valence-corrected chi connectivity index (χ1v) is 22.2. The van der Waals surface area contributed by atoms with Gasteiger partial charge < -0.3 is 65.1 Å². The van der Waals surface area contributed by atoms with E-state index < -0.39 is 86.8 Å². The van der Waals surface area contributed by atoms with Crippen molar-refractivity contribution in [2.45, 2.75) is 216 Å². The molecule has 14 heteroatoms. The number of nitrogens with one attached hydrogen (secondary N) is 1. The molecule has 14 nitrogen and oxygen atoms in total. The molecule has 0 aromatic carbocycles. The maximum atomic E-state index is 12.3. The predicted molar refractivity (Wildman–Crippen MR) is 221 cm³/mol. The van der Waals surface area contributed by atoms with Gasteiger partial charge in [0, 0.05) is 6.42 Å². The number of ether oxygens (including phenoxy) is 4. The molecule has 2 fully saturated rings. The number of aliphatic hydroxyl groups is 8. The molecule has 0 spiro atoms. The van der Waals surface area contributed by atoms with Crippen LogP contribution in [0, 0.1) is 0 Å². The molecular formula is C44H79NO13. The highest BCUT2D eigenvalue weighted by Crippen LogP contribution is 2.30. The molecule has 58 heavy (non-hydrogen) atoms. The Labute approximate surface area is 347 Å². The molecule has 2 rings (SSSR count). The SMILES string of the molecule is CCCCCCCCCCCCCCCC/C=C/CC/C=C/CC/C=C/C(O)C(COC1OC(CO)C(OC2OC(CO)C(O)C(O)C2O)C(O)C1O)NC(=O)CC. The number of rotatable bonds is 32. The van der Waals surface area contributed by atoms with Crippen LogP contribution < -0.4 is 5.32 Å². The van der Waals surface area contributed by atoms with E-state index in [1.165, 1.54) is 89.9 Å². The number of aliphatic hydroxyl groups excluding tert-OH is 8. The summed E-state index contributed by atoms with van der Waals surface area (Å²) in [6.07, 6.45) is 19.1. The lowest BCUT2D eigenvalue weighted by Gasteiger charge is -2.46. The summed E-state index contributed by atoms with van der Waals surface area (Å²) in [5, 5.41) is 85.2. The van der Waals surface area contributed by atoms with Crippen molar-refractivity contribution in [3.63, 3.8) is 0 Å². The molecule has 1 amide bonds. The highest BCUT2D eigenvalue weighted by molar-refractivity contribution is 5.75. The number of carbonyl (C=O) groups excluding carboxylic acids is 1. The monoisotopic (exact) mass is 830 g/mol. The highest BCUT2D eigenvalue weighted by atomic mass is 16.7. The fraction of sp³-hybridized carbons (Fsp3) is 0.841. The van der Waals surface area contributed by atoms with Gasteiger partial charge in [-0.1, -0.05) is 134 Å². The normalized spacial score (nSPS) is 29.1. The zero-order chi connectivity index (χ0) is 42.5. The van der Waals surface area contributed by atoms with Crippen molar-refractivity contribution in [2.24, 2.45) is 0 Å². The van der Waals surface area contributed by atoms with Gasteiger partial charge in [0.25, 0.3) is 0 Å². The lowest BCUT2D eigenvalue weighted by Crippen LogP contribution is -2.65. The van der Waals surface area contributed by atoms with Crippen molar-refractivity contribution in [3.8, 4) is 0 Å². The molecule has 0 radical (unpaired) electrons. The van der Waals surface area contributed by atoms with E-state index in [0.29, 0.717) is 6.42 Å². The third-order valence-corrected chi connectivity index (χ3v) is 10.9. The Bertz CT molecular complexity index is 1120. The molecule has 338 valence electrons. The summed E-state index contributed by atoms with van der Waals surface area (Å²) in [5.74, 6) is -0.344. The number of carbonyl (C=O) groups is 1. The average molecular weight is 830 g/mol. The van der Waals surface area contributed by atoms with Crippen LogP contribution in [0.1, 0.15) is 142 Å². The molecule has 9 N–H and O–H groups in total. The summed E-state index contributed by atoms with van der Waals surface area (Å²) in [6, 6.07) is -0.931. The highest BCUT2D eigenvalue weighted by Gasteiger charge is 2.50. The van der Waals surface area contributed by atoms with Crippen LogP contribution in [-0.4, -0.2) is 140 Å². The molecule has 12 unspecified atom stereocenters. The standard InChI is InChI=1S/C44H79NO13/c1-3-5-6-7-8-9-10-11-12-13-14-15-16-17-18-19-20-21-22-23-24-25-26-27-28-33(48)32(45-36(49)4-2)31-55-43-41(54)39(52)42(35(30-47)57-43)58-44-40(53)38(51)37(50)34(29-46)56-44/h19-20,23-24,27-28,32-35,37-44,46-48,50-54H,3-18,21-22,25-26,29-31H2,1-2H3,(H,45,49)/b20-19+,24-23+,28-27+. The lowest BCUT2D eigenvalue weighted by atomic mass is 9.97. The van der Waals surface area contributed by atoms with Gasteiger partial charge in [0.15, 0.2) is 12.6 Å². The van der Waals surface area contributed by atoms with Gasteiger partial charge in [0.2, 0.25) is 5.91 Å². The van der Waals surface area contributed by atoms with Crippen LogP contribution in [0.5, 0.6) is 0 Å². The third-order valence-electron chi connectivity index (χ3n) is 10.9. The molecule has 2 saturated heterocycles. The van der Waals surface area contributed by atoms with Gasteiger partial charge in [-0.05, 0) is 38.5 Å². The quantitative estimate of drug-likeness (QED) is 0.0346. The minimum atomic E-state index is -1.79. The second kappa shape index (κ2) is 32.0. The Morgan fingerprint density at radius 1 is 0.603 bits per heavy atom. The molecule has 2 aliphatic rings. The Hall–Kier alpha value is -1.79. The van der Waals surface area contributed by atoms with Crippen LogP contribution in [0.4, 0.5) is 0 Å². The van der Waals surface area contributed by atoms with Crippen molar-refractivity contribution < 1.29 is 64.6 Å². The Balaban J connectivity index is 1.66. The van der Waals surface area contributed by atoms with E-state index in [9.17, 15) is 45.6 Å². The van der Waals surface area contributed by atoms with E-state index >= 15 is 0 Å². The Morgan fingerprint density at radius 2 is 1.09 bits per heavy atom. The maximum Gasteiger partial charge on any atom is 0.220 e. The van der Waals surface area contributed by atoms with Crippen molar-refractivity contribution >= 4 is 5.91 Å². The summed E-state index contributed by atoms with van der Waals surface area (Å²) in [4.78, 5) is 12.3. The summed E-state index contributed by atoms with van der Waals surface area (Å²) >= 11 is 0. The Kier molecular flexibility index (Phi) is 28.9. The van der Waals surface area contributed by atoms with E-state index in [-0.39, 0.29) is 18.9 Å². The predicted octanol–water partition coefficient (Wildman–Crippen LogP) is 3.98. The first kappa shape index (κ1) is 52.3. The summed E-state index contributed by atoms with van der Waals surface area (Å²) < 4.78 is 22.3. The smallest absolute Gasteiger partial charge is 0.220 e. The number of allylic oxidation sites excluding steroid dienone is 5. The number of hydrogen-bond acceptors (Lipinski definition) is 13. The van der Waals surface area contributed by atoms with Gasteiger partial charge in [-0.15, -0.1) is 0 Å². The van der Waals surface area contributed by atoms with Gasteiger partial charge in [-0.3, -0.25) is 4.79 Å². The zero-order valence-electron chi connectivity index (χ0n) is 35.3. The van der Waals surface area contributed by atoms with E-state index in [1.54, 1.807) is 13.0 Å². The van der Waals surface area contributed by atoms with Crippen LogP contribution in [-0.2, 0) is 23.7 Å². The first-order valence-electron chi connectivity index (χ1n) is 22.2. The maximum absolute atomic E-state index is 12.3. The second-order valence-corrected chi connectivity index (χ2v) is 15.8. The molecule has 2 heterocycles. The minimum Gasteiger partial charge on any atom is -0.394 e. The van der Waals surface area contributed by atoms with Crippen LogP contribution in [0.3, 0.4) is 0 Å². The molecule has 0 aromatic rings. The topological polar surface area (TPSA) is 228 Å². The molecule has 2 aliphatic heterocycles. The second-order valence-electron chi connectivity index (χ2n) is 15.8. The van der Waals surface area contributed by atoms with Crippen LogP contribution in [0.15, 0.2) is 36.5 Å². The van der Waals surface area contributed by atoms with Gasteiger partial charge in [0.05, 0.1) is 32.0 Å². The Morgan fingerprint density at radius 3 is 1.62 bits per heavy atom. The minimum absolute atomic E-state index is 0.150. The van der Waals surface area contributed by atoms with Gasteiger partial charge >= 0.3 is 0 Å². The average Bonchev–Trinajstić information content (AvgIpc) is 3.22. The summed E-state index contributed by atoms with van der Waals surface area (Å²) in [7, 11) is 0. The van der Waals surface area contributed by atoms with Crippen molar-refractivity contribution in [1.29, 1.82) is 0 Å². The van der Waals surface area contributed by atoms with Crippen molar-refractivity contribution in [3.05, 3.63) is 36.5 Å². The lowest BCUT2D eigenvalue weighted by molar-refractivity contribution is -0.359. The van der Waals surface area contributed by atoms with Crippen molar-refractivity contribution in [2.75, 3.05) is 19.8 Å². The van der Waals surface area contributed by atoms with Gasteiger partial charge in [-0.25, -0.2) is 0 Å². The fourth-order valence-corrected chi connectivity index (χ4v) is 7.11. The van der Waals surface area contributed by atoms with E-state index in [2.05, 4.69) is 36.5 Å². The third kappa shape index (κ3) is 20.2. The number of unbranched alkanes of at least 4 members (excludes halogenated alkanes) is 16. The van der Waals surface area contributed by atoms with Crippen LogP contribution in [0.25, 0.3) is 0 Å². The van der Waals surface area contributed by atoms with Gasteiger partial charge in [-0.2, -0.15) is 0 Å². The van der Waals surface area contributed by atoms with E-state index in [0.717, 1.165) is 25.7 Å². The fourth-order valence-electron chi connectivity index (χ4n) is 7.11. The van der Waals surface area contributed by atoms with E-state index in [4.69, 9.17) is 18.9 Å². The molecular weight excluding hydrogens is 750 g/mol. The first-order chi connectivity index (χ1) is 28.1. The van der Waals surface area contributed by atoms with Gasteiger partial charge in [0.1, 0.15) is 48.8 Å². The van der Waals surface area contributed by atoms with Crippen molar-refractivity contribution in [1.82, 2.24) is 5.32 Å². The molecule has 0 aliphatic carbocycles. The number of amides is 1. The van der Waals surface area contributed by atoms with E-state index in [1.807, 2.05) is 6.08 Å².